The summed E-state index contributed by atoms with van der Waals surface area (Å²) in [7, 11) is -2.83. The second-order valence-corrected chi connectivity index (χ2v) is 8.20. The lowest BCUT2D eigenvalue weighted by molar-refractivity contribution is 0.305. The molecule has 166 valence electrons. The maximum absolute atomic E-state index is 13.7. The van der Waals surface area contributed by atoms with Crippen LogP contribution in [-0.4, -0.2) is 48.5 Å². The Labute approximate surface area is 181 Å². The van der Waals surface area contributed by atoms with Crippen LogP contribution in [-0.2, 0) is 10.0 Å². The number of hydrogen-bond acceptors (Lipinski definition) is 7. The quantitative estimate of drug-likeness (QED) is 0.402. The van der Waals surface area contributed by atoms with E-state index in [1.54, 1.807) is 37.4 Å². The molecule has 0 amide bonds. The maximum atomic E-state index is 13.7. The fraction of sp³-hybridized carbons (Fsp3) is 0.150. The van der Waals surface area contributed by atoms with Gasteiger partial charge in [-0.1, -0.05) is 18.2 Å². The van der Waals surface area contributed by atoms with E-state index >= 15 is 0 Å². The van der Waals surface area contributed by atoms with Crippen LogP contribution in [0.25, 0.3) is 17.0 Å². The number of nitrogens with zero attached hydrogens (tertiary/aromatic N) is 4. The third kappa shape index (κ3) is 4.36. The standard InChI is InChI=1S/C20H17F2N5O4S/c1-30-14-5-2-4-13(12-14)20-25-24-17-8-9-18(26-27(17)20)31-11-10-23-32(28,29)19-15(21)6-3-7-16(19)22/h2-9,12,23H,10-11H2,1H3. The minimum absolute atomic E-state index is 0.134. The van der Waals surface area contributed by atoms with E-state index in [2.05, 4.69) is 20.0 Å². The van der Waals surface area contributed by atoms with E-state index in [1.165, 1.54) is 4.52 Å². The average molecular weight is 461 g/mol. The Bertz CT molecular complexity index is 1360. The van der Waals surface area contributed by atoms with E-state index in [-0.39, 0.29) is 19.0 Å². The molecule has 9 nitrogen and oxygen atoms in total. The topological polar surface area (TPSA) is 108 Å². The summed E-state index contributed by atoms with van der Waals surface area (Å²) in [6, 6.07) is 13.2. The molecule has 4 rings (SSSR count). The summed E-state index contributed by atoms with van der Waals surface area (Å²) in [5, 5.41) is 12.5. The van der Waals surface area contributed by atoms with Crippen molar-refractivity contribution in [3.8, 4) is 23.0 Å². The van der Waals surface area contributed by atoms with Crippen LogP contribution in [0.3, 0.4) is 0 Å². The SMILES string of the molecule is COc1cccc(-c2nnc3ccc(OCCNS(=O)(=O)c4c(F)cccc4F)nn23)c1. The van der Waals surface area contributed by atoms with Crippen LogP contribution in [0.1, 0.15) is 0 Å². The van der Waals surface area contributed by atoms with Crippen LogP contribution < -0.4 is 14.2 Å². The van der Waals surface area contributed by atoms with E-state index < -0.39 is 26.6 Å². The van der Waals surface area contributed by atoms with E-state index in [4.69, 9.17) is 9.47 Å². The van der Waals surface area contributed by atoms with Crippen molar-refractivity contribution < 1.29 is 26.7 Å². The molecular formula is C20H17F2N5O4S. The van der Waals surface area contributed by atoms with Gasteiger partial charge in [0, 0.05) is 18.2 Å². The second-order valence-electron chi connectivity index (χ2n) is 6.49. The molecule has 1 N–H and O–H groups in total. The Hall–Kier alpha value is -3.64. The summed E-state index contributed by atoms with van der Waals surface area (Å²) in [5.41, 5.74) is 1.20. The van der Waals surface area contributed by atoms with Gasteiger partial charge in [0.05, 0.1) is 7.11 Å². The number of halogens is 2. The zero-order valence-electron chi connectivity index (χ0n) is 16.7. The summed E-state index contributed by atoms with van der Waals surface area (Å²) in [4.78, 5) is -1.04. The molecule has 0 saturated heterocycles. The highest BCUT2D eigenvalue weighted by Crippen LogP contribution is 2.23. The minimum atomic E-state index is -4.39. The van der Waals surface area contributed by atoms with Crippen LogP contribution in [0.15, 0.2) is 59.5 Å². The van der Waals surface area contributed by atoms with Crippen molar-refractivity contribution in [2.75, 3.05) is 20.3 Å². The van der Waals surface area contributed by atoms with Gasteiger partial charge in [-0.3, -0.25) is 0 Å². The van der Waals surface area contributed by atoms with E-state index in [9.17, 15) is 17.2 Å². The molecule has 0 aliphatic carbocycles. The van der Waals surface area contributed by atoms with Crippen LogP contribution in [0.5, 0.6) is 11.6 Å². The minimum Gasteiger partial charge on any atom is -0.497 e. The van der Waals surface area contributed by atoms with Gasteiger partial charge in [-0.05, 0) is 30.3 Å². The fourth-order valence-electron chi connectivity index (χ4n) is 2.93. The molecule has 12 heteroatoms. The maximum Gasteiger partial charge on any atom is 0.246 e. The number of fused-ring (bicyclic) bond motifs is 1. The highest BCUT2D eigenvalue weighted by molar-refractivity contribution is 7.89. The Morgan fingerprint density at radius 3 is 2.53 bits per heavy atom. The molecule has 4 aromatic rings. The van der Waals surface area contributed by atoms with Crippen molar-refractivity contribution in [2.24, 2.45) is 0 Å². The molecule has 0 atom stereocenters. The third-order valence-corrected chi connectivity index (χ3v) is 5.91. The van der Waals surface area contributed by atoms with Gasteiger partial charge < -0.3 is 9.47 Å². The number of aromatic nitrogens is 4. The average Bonchev–Trinajstić information content (AvgIpc) is 3.20. The van der Waals surface area contributed by atoms with Crippen molar-refractivity contribution in [1.29, 1.82) is 0 Å². The Morgan fingerprint density at radius 1 is 1.03 bits per heavy atom. The van der Waals surface area contributed by atoms with Gasteiger partial charge in [0.15, 0.2) is 16.4 Å². The van der Waals surface area contributed by atoms with Gasteiger partial charge in [0.1, 0.15) is 24.0 Å². The summed E-state index contributed by atoms with van der Waals surface area (Å²) >= 11 is 0. The normalized spacial score (nSPS) is 11.6. The molecule has 0 spiro atoms. The number of rotatable bonds is 8. The summed E-state index contributed by atoms with van der Waals surface area (Å²) in [5.74, 6) is -1.07. The molecule has 0 radical (unpaired) electrons. The number of ether oxygens (including phenoxy) is 2. The first-order chi connectivity index (χ1) is 15.4. The number of hydrogen-bond donors (Lipinski definition) is 1. The van der Waals surface area contributed by atoms with Crippen LogP contribution in [0.2, 0.25) is 0 Å². The molecule has 2 aromatic heterocycles. The van der Waals surface area contributed by atoms with E-state index in [1.807, 2.05) is 6.07 Å². The first-order valence-electron chi connectivity index (χ1n) is 9.32. The lowest BCUT2D eigenvalue weighted by Gasteiger charge is -2.09. The number of benzene rings is 2. The Morgan fingerprint density at radius 2 is 1.78 bits per heavy atom. The second kappa shape index (κ2) is 8.85. The fourth-order valence-corrected chi connectivity index (χ4v) is 4.08. The third-order valence-electron chi connectivity index (χ3n) is 4.40. The largest absolute Gasteiger partial charge is 0.497 e. The monoisotopic (exact) mass is 461 g/mol. The van der Waals surface area contributed by atoms with Crippen LogP contribution in [0, 0.1) is 11.6 Å². The zero-order valence-corrected chi connectivity index (χ0v) is 17.5. The number of nitrogens with one attached hydrogen (secondary N) is 1. The van der Waals surface area contributed by atoms with E-state index in [0.717, 1.165) is 23.8 Å². The van der Waals surface area contributed by atoms with Gasteiger partial charge in [-0.25, -0.2) is 21.9 Å². The summed E-state index contributed by atoms with van der Waals surface area (Å²) < 4.78 is 66.1. The predicted octanol–water partition coefficient (Wildman–Crippen LogP) is 2.44. The van der Waals surface area contributed by atoms with Crippen LogP contribution >= 0.6 is 0 Å². The molecule has 0 unspecified atom stereocenters. The molecule has 32 heavy (non-hydrogen) atoms. The van der Waals surface area contributed by atoms with Gasteiger partial charge in [0.25, 0.3) is 0 Å². The van der Waals surface area contributed by atoms with Crippen molar-refractivity contribution in [3.63, 3.8) is 0 Å². The molecule has 0 aliphatic rings. The van der Waals surface area contributed by atoms with Gasteiger partial charge >= 0.3 is 0 Å². The van der Waals surface area contributed by atoms with Crippen LogP contribution in [0.4, 0.5) is 8.78 Å². The van der Waals surface area contributed by atoms with Crippen molar-refractivity contribution >= 4 is 15.7 Å². The van der Waals surface area contributed by atoms with Crippen molar-refractivity contribution in [1.82, 2.24) is 24.5 Å². The van der Waals surface area contributed by atoms with Gasteiger partial charge in [-0.2, -0.15) is 4.52 Å². The van der Waals surface area contributed by atoms with Gasteiger partial charge in [-0.15, -0.1) is 15.3 Å². The number of methoxy groups -OCH3 is 1. The van der Waals surface area contributed by atoms with Crippen molar-refractivity contribution in [3.05, 3.63) is 66.2 Å². The molecule has 0 fully saturated rings. The summed E-state index contributed by atoms with van der Waals surface area (Å²) in [6.07, 6.45) is 0. The first-order valence-corrected chi connectivity index (χ1v) is 10.8. The molecule has 0 aliphatic heterocycles. The molecule has 0 saturated carbocycles. The molecule has 0 bridgehead atoms. The Balaban J connectivity index is 1.46. The zero-order chi connectivity index (χ0) is 22.7. The summed E-state index contributed by atoms with van der Waals surface area (Å²) in [6.45, 7) is -0.370. The molecular weight excluding hydrogens is 444 g/mol. The van der Waals surface area contributed by atoms with Gasteiger partial charge in [0.2, 0.25) is 15.9 Å². The lowest BCUT2D eigenvalue weighted by Crippen LogP contribution is -2.29. The highest BCUT2D eigenvalue weighted by atomic mass is 32.2. The highest BCUT2D eigenvalue weighted by Gasteiger charge is 2.23. The number of sulfonamides is 1. The smallest absolute Gasteiger partial charge is 0.246 e. The first kappa shape index (κ1) is 21.6. The predicted molar refractivity (Wildman–Crippen MR) is 110 cm³/mol. The van der Waals surface area contributed by atoms with Crippen molar-refractivity contribution in [2.45, 2.75) is 4.90 Å². The lowest BCUT2D eigenvalue weighted by atomic mass is 10.2. The Kier molecular flexibility index (Phi) is 5.97. The molecule has 2 aromatic carbocycles. The molecule has 2 heterocycles. The van der Waals surface area contributed by atoms with E-state index in [0.29, 0.717) is 17.2 Å².